The lowest BCUT2D eigenvalue weighted by molar-refractivity contribution is -0.127. The van der Waals surface area contributed by atoms with Crippen molar-refractivity contribution in [1.29, 1.82) is 0 Å². The van der Waals surface area contributed by atoms with Crippen LogP contribution in [0.2, 0.25) is 0 Å². The van der Waals surface area contributed by atoms with Crippen molar-refractivity contribution in [2.75, 3.05) is 26.2 Å². The van der Waals surface area contributed by atoms with Crippen molar-refractivity contribution in [1.82, 2.24) is 10.2 Å². The van der Waals surface area contributed by atoms with E-state index in [0.29, 0.717) is 0 Å². The fourth-order valence-corrected chi connectivity index (χ4v) is 3.20. The fourth-order valence-electron chi connectivity index (χ4n) is 3.20. The molecule has 1 aliphatic heterocycles. The molecular formula is C15H31Cl2N3O. The van der Waals surface area contributed by atoms with E-state index in [1.807, 2.05) is 0 Å². The van der Waals surface area contributed by atoms with Crippen molar-refractivity contribution in [3.63, 3.8) is 0 Å². The van der Waals surface area contributed by atoms with Gasteiger partial charge in [0.15, 0.2) is 0 Å². The first-order chi connectivity index (χ1) is 9.10. The molecule has 6 heteroatoms. The molecule has 0 aromatic rings. The molecular weight excluding hydrogens is 309 g/mol. The summed E-state index contributed by atoms with van der Waals surface area (Å²) in [5, 5.41) is 3.05. The molecule has 21 heavy (non-hydrogen) atoms. The van der Waals surface area contributed by atoms with E-state index in [9.17, 15) is 4.79 Å². The van der Waals surface area contributed by atoms with E-state index in [4.69, 9.17) is 5.73 Å². The van der Waals surface area contributed by atoms with Gasteiger partial charge in [-0.25, -0.2) is 0 Å². The van der Waals surface area contributed by atoms with E-state index in [-0.39, 0.29) is 30.7 Å². The van der Waals surface area contributed by atoms with Gasteiger partial charge in [0.05, 0.1) is 5.54 Å². The molecule has 0 bridgehead atoms. The summed E-state index contributed by atoms with van der Waals surface area (Å²) in [5.74, 6) is 0.929. The number of carbonyl (C=O) groups excluding carboxylic acids is 1. The van der Waals surface area contributed by atoms with E-state index in [1.165, 1.54) is 32.4 Å². The molecule has 1 amide bonds. The average molecular weight is 340 g/mol. The van der Waals surface area contributed by atoms with E-state index >= 15 is 0 Å². The summed E-state index contributed by atoms with van der Waals surface area (Å²) in [6.45, 7) is 6.37. The highest BCUT2D eigenvalue weighted by Crippen LogP contribution is 2.25. The number of nitrogens with two attached hydrogens (primary N) is 1. The largest absolute Gasteiger partial charge is 0.353 e. The van der Waals surface area contributed by atoms with Gasteiger partial charge >= 0.3 is 0 Å². The maximum absolute atomic E-state index is 12.2. The van der Waals surface area contributed by atoms with Crippen molar-refractivity contribution in [3.05, 3.63) is 0 Å². The normalized spacial score (nSPS) is 22.8. The number of halogens is 2. The minimum absolute atomic E-state index is 0. The zero-order valence-electron chi connectivity index (χ0n) is 13.1. The predicted octanol–water partition coefficient (Wildman–Crippen LogP) is 2.34. The van der Waals surface area contributed by atoms with Crippen LogP contribution in [0.25, 0.3) is 0 Å². The molecule has 1 saturated heterocycles. The molecule has 0 spiro atoms. The quantitative estimate of drug-likeness (QED) is 0.826. The van der Waals surface area contributed by atoms with Crippen LogP contribution in [0.5, 0.6) is 0 Å². The molecule has 0 aromatic heterocycles. The van der Waals surface area contributed by atoms with Gasteiger partial charge < -0.3 is 16.0 Å². The molecule has 1 aliphatic carbocycles. The van der Waals surface area contributed by atoms with E-state index in [2.05, 4.69) is 17.1 Å². The highest BCUT2D eigenvalue weighted by atomic mass is 35.5. The number of piperidine rings is 1. The van der Waals surface area contributed by atoms with Crippen LogP contribution in [0.1, 0.15) is 51.9 Å². The first-order valence-electron chi connectivity index (χ1n) is 7.90. The molecule has 0 atom stereocenters. The lowest BCUT2D eigenvalue weighted by Gasteiger charge is -2.33. The summed E-state index contributed by atoms with van der Waals surface area (Å²) < 4.78 is 0. The van der Waals surface area contributed by atoms with Crippen LogP contribution < -0.4 is 11.1 Å². The number of hydrogen-bond donors (Lipinski definition) is 2. The van der Waals surface area contributed by atoms with Gasteiger partial charge in [0.2, 0.25) is 5.91 Å². The fraction of sp³-hybridized carbons (Fsp3) is 0.933. The van der Waals surface area contributed by atoms with Crippen LogP contribution in [0.3, 0.4) is 0 Å². The van der Waals surface area contributed by atoms with E-state index < -0.39 is 5.54 Å². The molecule has 2 rings (SSSR count). The van der Waals surface area contributed by atoms with Crippen molar-refractivity contribution in [2.24, 2.45) is 11.7 Å². The van der Waals surface area contributed by atoms with Crippen LogP contribution in [-0.2, 0) is 4.79 Å². The van der Waals surface area contributed by atoms with Crippen molar-refractivity contribution in [2.45, 2.75) is 57.4 Å². The van der Waals surface area contributed by atoms with Gasteiger partial charge in [-0.3, -0.25) is 4.79 Å². The molecule has 2 fully saturated rings. The van der Waals surface area contributed by atoms with Crippen LogP contribution in [-0.4, -0.2) is 42.5 Å². The first kappa shape index (κ1) is 21.0. The Balaban J connectivity index is 0.00000200. The molecule has 126 valence electrons. The van der Waals surface area contributed by atoms with Crippen molar-refractivity contribution >= 4 is 30.7 Å². The minimum atomic E-state index is -0.589. The summed E-state index contributed by atoms with van der Waals surface area (Å²) in [7, 11) is 0. The summed E-state index contributed by atoms with van der Waals surface area (Å²) in [6.07, 6.45) is 7.67. The van der Waals surface area contributed by atoms with Gasteiger partial charge in [-0.2, -0.15) is 0 Å². The second-order valence-electron chi connectivity index (χ2n) is 6.50. The van der Waals surface area contributed by atoms with Crippen LogP contribution >= 0.6 is 24.8 Å². The number of rotatable bonds is 4. The summed E-state index contributed by atoms with van der Waals surface area (Å²) >= 11 is 0. The van der Waals surface area contributed by atoms with Gasteiger partial charge in [0, 0.05) is 13.1 Å². The Kier molecular flexibility index (Phi) is 9.87. The third kappa shape index (κ3) is 6.31. The van der Waals surface area contributed by atoms with Gasteiger partial charge in [0.25, 0.3) is 0 Å². The molecule has 3 N–H and O–H groups in total. The molecule has 1 saturated carbocycles. The second-order valence-corrected chi connectivity index (χ2v) is 6.50. The summed E-state index contributed by atoms with van der Waals surface area (Å²) in [4.78, 5) is 14.6. The molecule has 2 aliphatic rings. The number of likely N-dealkylation sites (tertiary alicyclic amines) is 1. The monoisotopic (exact) mass is 339 g/mol. The van der Waals surface area contributed by atoms with Crippen LogP contribution in [0.15, 0.2) is 0 Å². The summed E-state index contributed by atoms with van der Waals surface area (Å²) in [5.41, 5.74) is 5.63. The number of carbonyl (C=O) groups is 1. The third-order valence-corrected chi connectivity index (χ3v) is 4.79. The SMILES string of the molecule is CC1CCN(CCNC(=O)C2(N)CCCCC2)CC1.Cl.Cl. The standard InChI is InChI=1S/C15H29N3O.2ClH/c1-13-5-10-18(11-6-13)12-9-17-14(19)15(16)7-3-2-4-8-15;;/h13H,2-12,16H2,1H3,(H,17,19);2*1H. The lowest BCUT2D eigenvalue weighted by Crippen LogP contribution is -2.56. The maximum Gasteiger partial charge on any atom is 0.240 e. The molecule has 1 heterocycles. The van der Waals surface area contributed by atoms with Crippen LogP contribution in [0.4, 0.5) is 0 Å². The first-order valence-corrected chi connectivity index (χ1v) is 7.90. The van der Waals surface area contributed by atoms with Crippen molar-refractivity contribution < 1.29 is 4.79 Å². The zero-order chi connectivity index (χ0) is 13.7. The Morgan fingerprint density at radius 2 is 1.76 bits per heavy atom. The number of amides is 1. The Morgan fingerprint density at radius 3 is 2.33 bits per heavy atom. The van der Waals surface area contributed by atoms with E-state index in [1.54, 1.807) is 0 Å². The van der Waals surface area contributed by atoms with E-state index in [0.717, 1.165) is 44.7 Å². The van der Waals surface area contributed by atoms with Crippen LogP contribution in [0, 0.1) is 5.92 Å². The molecule has 0 radical (unpaired) electrons. The number of nitrogens with zero attached hydrogens (tertiary/aromatic N) is 1. The van der Waals surface area contributed by atoms with Gasteiger partial charge in [-0.1, -0.05) is 26.2 Å². The Labute approximate surface area is 141 Å². The molecule has 4 nitrogen and oxygen atoms in total. The second kappa shape index (κ2) is 9.88. The predicted molar refractivity (Wildman–Crippen MR) is 92.3 cm³/mol. The highest BCUT2D eigenvalue weighted by molar-refractivity contribution is 5.86. The smallest absolute Gasteiger partial charge is 0.240 e. The van der Waals surface area contributed by atoms with Crippen molar-refractivity contribution in [3.8, 4) is 0 Å². The maximum atomic E-state index is 12.2. The number of nitrogens with one attached hydrogen (secondary N) is 1. The molecule has 0 aromatic carbocycles. The minimum Gasteiger partial charge on any atom is -0.353 e. The highest BCUT2D eigenvalue weighted by Gasteiger charge is 2.34. The van der Waals surface area contributed by atoms with Gasteiger partial charge in [-0.05, 0) is 44.7 Å². The Bertz CT molecular complexity index is 301. The lowest BCUT2D eigenvalue weighted by atomic mass is 9.82. The summed E-state index contributed by atoms with van der Waals surface area (Å²) in [6, 6.07) is 0. The third-order valence-electron chi connectivity index (χ3n) is 4.79. The molecule has 0 unspecified atom stereocenters. The Hall–Kier alpha value is -0.0300. The average Bonchev–Trinajstić information content (AvgIpc) is 2.42. The topological polar surface area (TPSA) is 58.4 Å². The van der Waals surface area contributed by atoms with Gasteiger partial charge in [-0.15, -0.1) is 24.8 Å². The number of hydrogen-bond acceptors (Lipinski definition) is 3. The zero-order valence-corrected chi connectivity index (χ0v) is 14.7. The van der Waals surface area contributed by atoms with Gasteiger partial charge in [0.1, 0.15) is 0 Å². The Morgan fingerprint density at radius 1 is 1.19 bits per heavy atom.